The number of hydrogen-bond acceptors (Lipinski definition) is 8. The van der Waals surface area contributed by atoms with Gasteiger partial charge < -0.3 is 28.1 Å². The Kier molecular flexibility index (Phi) is 6.58. The third-order valence-electron chi connectivity index (χ3n) is 4.39. The lowest BCUT2D eigenvalue weighted by Crippen LogP contribution is -2.11. The maximum Gasteiger partial charge on any atom is 0.343 e. The van der Waals surface area contributed by atoms with Crippen molar-refractivity contribution in [2.24, 2.45) is 0 Å². The molecular formula is C22H22O8. The first-order valence-corrected chi connectivity index (χ1v) is 9.12. The predicted molar refractivity (Wildman–Crippen MR) is 108 cm³/mol. The van der Waals surface area contributed by atoms with E-state index in [1.54, 1.807) is 37.3 Å². The standard InChI is InChI=1S/C22H22O8/c1-13-20(22(24)28-10-9-25-2)16-12-15(6-8-17(16)29-13)30-21(23)14-5-7-18(26-3)19(11-14)27-4/h5-8,11-12H,9-10H2,1-4H3. The number of benzene rings is 2. The predicted octanol–water partition coefficient (Wildman–Crippen LogP) is 3.78. The van der Waals surface area contributed by atoms with Crippen LogP contribution in [0.4, 0.5) is 0 Å². The van der Waals surface area contributed by atoms with Crippen molar-refractivity contribution in [1.82, 2.24) is 0 Å². The number of aryl methyl sites for hydroxylation is 1. The van der Waals surface area contributed by atoms with Gasteiger partial charge in [0.15, 0.2) is 11.5 Å². The highest BCUT2D eigenvalue weighted by atomic mass is 16.6. The zero-order valence-corrected chi connectivity index (χ0v) is 17.1. The van der Waals surface area contributed by atoms with Gasteiger partial charge in [0.05, 0.1) is 26.4 Å². The van der Waals surface area contributed by atoms with Gasteiger partial charge in [-0.2, -0.15) is 0 Å². The number of carbonyl (C=O) groups is 2. The largest absolute Gasteiger partial charge is 0.493 e. The van der Waals surface area contributed by atoms with Crippen molar-refractivity contribution in [3.8, 4) is 17.2 Å². The van der Waals surface area contributed by atoms with Crippen LogP contribution in [-0.2, 0) is 9.47 Å². The maximum absolute atomic E-state index is 12.6. The van der Waals surface area contributed by atoms with Crippen molar-refractivity contribution < 1.29 is 37.7 Å². The molecule has 0 spiro atoms. The topological polar surface area (TPSA) is 93.4 Å². The summed E-state index contributed by atoms with van der Waals surface area (Å²) < 4.78 is 31.6. The van der Waals surface area contributed by atoms with Gasteiger partial charge in [-0.05, 0) is 43.3 Å². The van der Waals surface area contributed by atoms with E-state index in [1.165, 1.54) is 27.4 Å². The SMILES string of the molecule is COCCOC(=O)c1c(C)oc2ccc(OC(=O)c3ccc(OC)c(OC)c3)cc12. The third kappa shape index (κ3) is 4.38. The molecule has 3 rings (SSSR count). The summed E-state index contributed by atoms with van der Waals surface area (Å²) in [6.07, 6.45) is 0. The molecule has 0 radical (unpaired) electrons. The summed E-state index contributed by atoms with van der Waals surface area (Å²) in [5, 5.41) is 0.493. The fourth-order valence-corrected chi connectivity index (χ4v) is 2.94. The number of carbonyl (C=O) groups excluding carboxylic acids is 2. The average molecular weight is 414 g/mol. The molecule has 0 aliphatic carbocycles. The molecule has 2 aromatic carbocycles. The minimum absolute atomic E-state index is 0.120. The molecule has 0 saturated carbocycles. The lowest BCUT2D eigenvalue weighted by atomic mass is 10.1. The molecule has 8 nitrogen and oxygen atoms in total. The highest BCUT2D eigenvalue weighted by Crippen LogP contribution is 2.31. The molecule has 1 aromatic heterocycles. The summed E-state index contributed by atoms with van der Waals surface area (Å²) in [6, 6.07) is 9.50. The van der Waals surface area contributed by atoms with Crippen LogP contribution in [0.25, 0.3) is 11.0 Å². The quantitative estimate of drug-likeness (QED) is 0.312. The second-order valence-electron chi connectivity index (χ2n) is 6.28. The van der Waals surface area contributed by atoms with Gasteiger partial charge in [-0.3, -0.25) is 0 Å². The van der Waals surface area contributed by atoms with E-state index in [9.17, 15) is 9.59 Å². The summed E-state index contributed by atoms with van der Waals surface area (Å²) in [6.45, 7) is 2.08. The van der Waals surface area contributed by atoms with E-state index in [4.69, 9.17) is 28.1 Å². The van der Waals surface area contributed by atoms with Crippen LogP contribution in [0.3, 0.4) is 0 Å². The summed E-state index contributed by atoms with van der Waals surface area (Å²) in [7, 11) is 4.51. The van der Waals surface area contributed by atoms with E-state index in [2.05, 4.69) is 0 Å². The first-order chi connectivity index (χ1) is 14.5. The van der Waals surface area contributed by atoms with E-state index in [0.717, 1.165) is 0 Å². The molecule has 0 aliphatic heterocycles. The van der Waals surface area contributed by atoms with Gasteiger partial charge in [0.2, 0.25) is 0 Å². The highest BCUT2D eigenvalue weighted by Gasteiger charge is 2.21. The van der Waals surface area contributed by atoms with Crippen LogP contribution in [0.2, 0.25) is 0 Å². The van der Waals surface area contributed by atoms with Gasteiger partial charge in [-0.1, -0.05) is 0 Å². The van der Waals surface area contributed by atoms with Crippen LogP contribution in [0, 0.1) is 6.92 Å². The Morgan fingerprint density at radius 2 is 1.67 bits per heavy atom. The second-order valence-corrected chi connectivity index (χ2v) is 6.28. The van der Waals surface area contributed by atoms with Crippen molar-refractivity contribution >= 4 is 22.9 Å². The highest BCUT2D eigenvalue weighted by molar-refractivity contribution is 6.05. The Hall–Kier alpha value is -3.52. The van der Waals surface area contributed by atoms with Crippen molar-refractivity contribution in [2.45, 2.75) is 6.92 Å². The van der Waals surface area contributed by atoms with Crippen LogP contribution in [0.5, 0.6) is 17.2 Å². The van der Waals surface area contributed by atoms with Crippen molar-refractivity contribution in [1.29, 1.82) is 0 Å². The van der Waals surface area contributed by atoms with Crippen molar-refractivity contribution in [3.05, 3.63) is 53.3 Å². The number of furan rings is 1. The molecule has 0 unspecified atom stereocenters. The maximum atomic E-state index is 12.6. The van der Waals surface area contributed by atoms with Crippen LogP contribution in [0.1, 0.15) is 26.5 Å². The Morgan fingerprint density at radius 3 is 2.37 bits per heavy atom. The van der Waals surface area contributed by atoms with Crippen LogP contribution in [-0.4, -0.2) is 46.5 Å². The minimum atomic E-state index is -0.584. The molecule has 30 heavy (non-hydrogen) atoms. The molecule has 0 fully saturated rings. The zero-order valence-electron chi connectivity index (χ0n) is 17.1. The van der Waals surface area contributed by atoms with Crippen LogP contribution in [0.15, 0.2) is 40.8 Å². The van der Waals surface area contributed by atoms with E-state index in [0.29, 0.717) is 28.2 Å². The summed E-state index contributed by atoms with van der Waals surface area (Å²) in [5.41, 5.74) is 1.05. The Bertz CT molecular complexity index is 1070. The minimum Gasteiger partial charge on any atom is -0.493 e. The molecule has 0 N–H and O–H groups in total. The van der Waals surface area contributed by atoms with Crippen LogP contribution < -0.4 is 14.2 Å². The summed E-state index contributed by atoms with van der Waals surface area (Å²) >= 11 is 0. The lowest BCUT2D eigenvalue weighted by Gasteiger charge is -2.09. The monoisotopic (exact) mass is 414 g/mol. The van der Waals surface area contributed by atoms with Gasteiger partial charge in [-0.15, -0.1) is 0 Å². The lowest BCUT2D eigenvalue weighted by molar-refractivity contribution is 0.0388. The van der Waals surface area contributed by atoms with E-state index in [-0.39, 0.29) is 30.1 Å². The number of hydrogen-bond donors (Lipinski definition) is 0. The molecule has 0 atom stereocenters. The number of rotatable bonds is 8. The van der Waals surface area contributed by atoms with E-state index >= 15 is 0 Å². The molecule has 0 bridgehead atoms. The van der Waals surface area contributed by atoms with Gasteiger partial charge in [0.25, 0.3) is 0 Å². The fourth-order valence-electron chi connectivity index (χ4n) is 2.94. The first-order valence-electron chi connectivity index (χ1n) is 9.12. The molecule has 0 aliphatic rings. The average Bonchev–Trinajstić information content (AvgIpc) is 3.08. The third-order valence-corrected chi connectivity index (χ3v) is 4.39. The van der Waals surface area contributed by atoms with Gasteiger partial charge >= 0.3 is 11.9 Å². The summed E-state index contributed by atoms with van der Waals surface area (Å²) in [5.74, 6) is 0.464. The molecule has 158 valence electrons. The van der Waals surface area contributed by atoms with Gasteiger partial charge in [0, 0.05) is 12.5 Å². The molecular weight excluding hydrogens is 392 g/mol. The zero-order chi connectivity index (χ0) is 21.7. The van der Waals surface area contributed by atoms with Gasteiger partial charge in [-0.25, -0.2) is 9.59 Å². The smallest absolute Gasteiger partial charge is 0.343 e. The Balaban J connectivity index is 1.85. The Labute approximate surface area is 173 Å². The number of methoxy groups -OCH3 is 3. The molecule has 3 aromatic rings. The van der Waals surface area contributed by atoms with Crippen molar-refractivity contribution in [3.63, 3.8) is 0 Å². The van der Waals surface area contributed by atoms with Crippen LogP contribution >= 0.6 is 0 Å². The van der Waals surface area contributed by atoms with Gasteiger partial charge in [0.1, 0.15) is 29.3 Å². The van der Waals surface area contributed by atoms with Crippen molar-refractivity contribution in [2.75, 3.05) is 34.5 Å². The normalized spacial score (nSPS) is 10.7. The number of fused-ring (bicyclic) bond motifs is 1. The second kappa shape index (κ2) is 9.32. The fraction of sp³-hybridized carbons (Fsp3) is 0.273. The number of ether oxygens (including phenoxy) is 5. The molecule has 8 heteroatoms. The summed E-state index contributed by atoms with van der Waals surface area (Å²) in [4.78, 5) is 25.0. The van der Waals surface area contributed by atoms with E-state index < -0.39 is 11.9 Å². The van der Waals surface area contributed by atoms with E-state index in [1.807, 2.05) is 0 Å². The number of esters is 2. The molecule has 1 heterocycles. The molecule has 0 amide bonds. The molecule has 0 saturated heterocycles. The Morgan fingerprint density at radius 1 is 0.900 bits per heavy atom. The first kappa shape index (κ1) is 21.2.